The van der Waals surface area contributed by atoms with Crippen LogP contribution in [0.3, 0.4) is 0 Å². The van der Waals surface area contributed by atoms with Crippen LogP contribution >= 0.6 is 0 Å². The summed E-state index contributed by atoms with van der Waals surface area (Å²) in [6.45, 7) is 6.95. The molecular weight excluding hydrogens is 176 g/mol. The van der Waals surface area contributed by atoms with Gasteiger partial charge in [0.2, 0.25) is 0 Å². The average molecular weight is 202 g/mol. The molecule has 86 valence electrons. The highest BCUT2D eigenvalue weighted by Crippen LogP contribution is 2.33. The summed E-state index contributed by atoms with van der Waals surface area (Å²) in [5.41, 5.74) is 0.0998. The Kier molecular flexibility index (Phi) is 7.20. The summed E-state index contributed by atoms with van der Waals surface area (Å²) >= 11 is 0. The monoisotopic (exact) mass is 202 g/mol. The van der Waals surface area contributed by atoms with Gasteiger partial charge in [-0.15, -0.1) is 0 Å². The molecule has 0 rings (SSSR count). The molecule has 2 nitrogen and oxygen atoms in total. The molecule has 0 heterocycles. The Morgan fingerprint density at radius 1 is 1.07 bits per heavy atom. The molecule has 0 fully saturated rings. The number of rotatable bonds is 8. The zero-order valence-electron chi connectivity index (χ0n) is 9.92. The van der Waals surface area contributed by atoms with Crippen molar-refractivity contribution >= 4 is 0 Å². The first-order chi connectivity index (χ1) is 6.67. The molecule has 0 saturated heterocycles. The number of aliphatic hydroxyl groups is 2. The molecule has 0 radical (unpaired) electrons. The summed E-state index contributed by atoms with van der Waals surface area (Å²) < 4.78 is 0. The fourth-order valence-corrected chi connectivity index (χ4v) is 1.84. The Labute approximate surface area is 88.3 Å². The van der Waals surface area contributed by atoms with Gasteiger partial charge in [0.25, 0.3) is 0 Å². The zero-order valence-corrected chi connectivity index (χ0v) is 9.92. The maximum absolute atomic E-state index is 9.37. The van der Waals surface area contributed by atoms with Crippen molar-refractivity contribution in [2.45, 2.75) is 52.9 Å². The van der Waals surface area contributed by atoms with Gasteiger partial charge in [-0.3, -0.25) is 0 Å². The lowest BCUT2D eigenvalue weighted by molar-refractivity contribution is 0.0904. The third kappa shape index (κ3) is 3.97. The van der Waals surface area contributed by atoms with Crippen LogP contribution in [0.2, 0.25) is 0 Å². The lowest BCUT2D eigenvalue weighted by Gasteiger charge is -2.30. The number of hydrogen-bond donors (Lipinski definition) is 2. The highest BCUT2D eigenvalue weighted by Gasteiger charge is 2.25. The van der Waals surface area contributed by atoms with E-state index in [4.69, 9.17) is 5.11 Å². The van der Waals surface area contributed by atoms with Gasteiger partial charge in [-0.05, 0) is 37.0 Å². The van der Waals surface area contributed by atoms with E-state index in [0.717, 1.165) is 32.1 Å². The van der Waals surface area contributed by atoms with E-state index < -0.39 is 0 Å². The van der Waals surface area contributed by atoms with Crippen LogP contribution in [0, 0.1) is 11.3 Å². The summed E-state index contributed by atoms with van der Waals surface area (Å²) in [5.74, 6) is 0.416. The van der Waals surface area contributed by atoms with E-state index >= 15 is 0 Å². The fourth-order valence-electron chi connectivity index (χ4n) is 1.84. The maximum Gasteiger partial charge on any atom is 0.0487 e. The van der Waals surface area contributed by atoms with Gasteiger partial charge in [-0.25, -0.2) is 0 Å². The van der Waals surface area contributed by atoms with Gasteiger partial charge in [0.05, 0.1) is 0 Å². The molecule has 0 aromatic heterocycles. The van der Waals surface area contributed by atoms with Crippen LogP contribution in [0.1, 0.15) is 52.9 Å². The molecule has 0 bridgehead atoms. The molecule has 0 aromatic rings. The molecule has 0 aromatic carbocycles. The Bertz CT molecular complexity index is 118. The van der Waals surface area contributed by atoms with Crippen LogP contribution in [0.5, 0.6) is 0 Å². The van der Waals surface area contributed by atoms with Crippen molar-refractivity contribution < 1.29 is 10.2 Å². The third-order valence-electron chi connectivity index (χ3n) is 3.75. The van der Waals surface area contributed by atoms with E-state index in [0.29, 0.717) is 5.92 Å². The highest BCUT2D eigenvalue weighted by molar-refractivity contribution is 4.76. The van der Waals surface area contributed by atoms with Crippen LogP contribution in [0.25, 0.3) is 0 Å². The summed E-state index contributed by atoms with van der Waals surface area (Å²) in [5, 5.41) is 18.5. The molecule has 2 heteroatoms. The van der Waals surface area contributed by atoms with Crippen molar-refractivity contribution in [2.75, 3.05) is 13.2 Å². The van der Waals surface area contributed by atoms with Gasteiger partial charge in [0, 0.05) is 13.2 Å². The first-order valence-electron chi connectivity index (χ1n) is 5.89. The number of hydrogen-bond acceptors (Lipinski definition) is 2. The molecule has 1 unspecified atom stereocenters. The van der Waals surface area contributed by atoms with E-state index in [-0.39, 0.29) is 18.6 Å². The minimum atomic E-state index is 0.0998. The number of aliphatic hydroxyl groups excluding tert-OH is 2. The maximum atomic E-state index is 9.37. The van der Waals surface area contributed by atoms with Crippen LogP contribution in [-0.4, -0.2) is 23.4 Å². The predicted molar refractivity (Wildman–Crippen MR) is 60.2 cm³/mol. The summed E-state index contributed by atoms with van der Waals surface area (Å²) in [6.07, 6.45) is 5.17. The normalized spacial score (nSPS) is 14.4. The van der Waals surface area contributed by atoms with Crippen LogP contribution in [0.4, 0.5) is 0 Å². The van der Waals surface area contributed by atoms with Gasteiger partial charge in [0.15, 0.2) is 0 Å². The van der Waals surface area contributed by atoms with Crippen LogP contribution in [-0.2, 0) is 0 Å². The summed E-state index contributed by atoms with van der Waals surface area (Å²) in [4.78, 5) is 0. The van der Waals surface area contributed by atoms with Crippen LogP contribution < -0.4 is 0 Å². The minimum absolute atomic E-state index is 0.0998. The van der Waals surface area contributed by atoms with E-state index in [1.54, 1.807) is 0 Å². The Morgan fingerprint density at radius 3 is 1.93 bits per heavy atom. The molecule has 0 aliphatic heterocycles. The van der Waals surface area contributed by atoms with Crippen molar-refractivity contribution in [3.63, 3.8) is 0 Å². The molecule has 0 aliphatic rings. The van der Waals surface area contributed by atoms with E-state index in [9.17, 15) is 5.11 Å². The molecule has 0 aliphatic carbocycles. The zero-order chi connectivity index (χ0) is 11.0. The quantitative estimate of drug-likeness (QED) is 0.635. The second-order valence-corrected chi connectivity index (χ2v) is 4.36. The molecule has 0 amide bonds. The van der Waals surface area contributed by atoms with E-state index in [2.05, 4.69) is 20.8 Å². The second-order valence-electron chi connectivity index (χ2n) is 4.36. The Morgan fingerprint density at radius 2 is 1.64 bits per heavy atom. The van der Waals surface area contributed by atoms with Crippen molar-refractivity contribution in [1.29, 1.82) is 0 Å². The first kappa shape index (κ1) is 13.9. The van der Waals surface area contributed by atoms with Crippen molar-refractivity contribution in [3.8, 4) is 0 Å². The standard InChI is InChI=1S/C12H26O2/c1-4-11(9-13)7-8-12(5-2,6-3)10-14/h11,13-14H,4-10H2,1-3H3. The lowest BCUT2D eigenvalue weighted by atomic mass is 9.77. The first-order valence-corrected chi connectivity index (χ1v) is 5.89. The molecule has 14 heavy (non-hydrogen) atoms. The highest BCUT2D eigenvalue weighted by atomic mass is 16.3. The minimum Gasteiger partial charge on any atom is -0.396 e. The SMILES string of the molecule is CCC(CO)CCC(CC)(CC)CO. The van der Waals surface area contributed by atoms with Crippen LogP contribution in [0.15, 0.2) is 0 Å². The van der Waals surface area contributed by atoms with E-state index in [1.165, 1.54) is 0 Å². The second kappa shape index (κ2) is 7.24. The van der Waals surface area contributed by atoms with Crippen molar-refractivity contribution in [3.05, 3.63) is 0 Å². The molecule has 0 saturated carbocycles. The van der Waals surface area contributed by atoms with Crippen molar-refractivity contribution in [2.24, 2.45) is 11.3 Å². The topological polar surface area (TPSA) is 40.5 Å². The molecule has 0 spiro atoms. The van der Waals surface area contributed by atoms with E-state index in [1.807, 2.05) is 0 Å². The smallest absolute Gasteiger partial charge is 0.0487 e. The summed E-state index contributed by atoms with van der Waals surface area (Å²) in [6, 6.07) is 0. The van der Waals surface area contributed by atoms with Gasteiger partial charge in [-0.2, -0.15) is 0 Å². The van der Waals surface area contributed by atoms with Gasteiger partial charge < -0.3 is 10.2 Å². The molecule has 2 N–H and O–H groups in total. The Hall–Kier alpha value is -0.0800. The predicted octanol–water partition coefficient (Wildman–Crippen LogP) is 2.58. The van der Waals surface area contributed by atoms with Gasteiger partial charge in [0.1, 0.15) is 0 Å². The van der Waals surface area contributed by atoms with Crippen molar-refractivity contribution in [1.82, 2.24) is 0 Å². The fraction of sp³-hybridized carbons (Fsp3) is 1.00. The largest absolute Gasteiger partial charge is 0.396 e. The summed E-state index contributed by atoms with van der Waals surface area (Å²) in [7, 11) is 0. The average Bonchev–Trinajstić information content (AvgIpc) is 2.26. The molecule has 1 atom stereocenters. The van der Waals surface area contributed by atoms with Gasteiger partial charge >= 0.3 is 0 Å². The Balaban J connectivity index is 4.04. The van der Waals surface area contributed by atoms with Gasteiger partial charge in [-0.1, -0.05) is 27.2 Å². The third-order valence-corrected chi connectivity index (χ3v) is 3.75. The lowest BCUT2D eigenvalue weighted by Crippen LogP contribution is -2.25. The molecular formula is C12H26O2.